The number of nitrogens with one attached hydrogen (secondary N) is 1. The molecule has 1 rings (SSSR count). The Balaban J connectivity index is 2.91. The average Bonchev–Trinajstić information content (AvgIpc) is 2.35. The summed E-state index contributed by atoms with van der Waals surface area (Å²) in [6, 6.07) is 6.70. The van der Waals surface area contributed by atoms with Crippen molar-refractivity contribution in [3.8, 4) is 0 Å². The summed E-state index contributed by atoms with van der Waals surface area (Å²) in [6.45, 7) is 6.22. The molecule has 1 unspecified atom stereocenters. The van der Waals surface area contributed by atoms with Gasteiger partial charge in [0.2, 0.25) is 10.0 Å². The van der Waals surface area contributed by atoms with Crippen molar-refractivity contribution in [3.63, 3.8) is 0 Å². The molecular weight excluding hydrogens is 248 g/mol. The van der Waals surface area contributed by atoms with Gasteiger partial charge in [0.1, 0.15) is 0 Å². The molecule has 3 N–H and O–H groups in total. The first kappa shape index (κ1) is 15.1. The minimum absolute atomic E-state index is 0.166. The van der Waals surface area contributed by atoms with Gasteiger partial charge in [-0.3, -0.25) is 0 Å². The van der Waals surface area contributed by atoms with Gasteiger partial charge in [-0.05, 0) is 30.0 Å². The molecule has 1 aromatic rings. The van der Waals surface area contributed by atoms with Gasteiger partial charge in [0.15, 0.2) is 0 Å². The van der Waals surface area contributed by atoms with Crippen LogP contribution in [0.3, 0.4) is 0 Å². The zero-order valence-corrected chi connectivity index (χ0v) is 12.0. The molecule has 0 aliphatic rings. The fourth-order valence-electron chi connectivity index (χ4n) is 1.63. The molecule has 0 amide bonds. The highest BCUT2D eigenvalue weighted by atomic mass is 32.2. The lowest BCUT2D eigenvalue weighted by molar-refractivity contribution is 0.455. The third-order valence-electron chi connectivity index (χ3n) is 3.01. The summed E-state index contributed by atoms with van der Waals surface area (Å²) in [5.41, 5.74) is 6.70. The van der Waals surface area contributed by atoms with Gasteiger partial charge in [-0.15, -0.1) is 0 Å². The van der Waals surface area contributed by atoms with Crippen molar-refractivity contribution < 1.29 is 8.42 Å². The normalized spacial score (nSPS) is 13.8. The summed E-state index contributed by atoms with van der Waals surface area (Å²) in [5, 5.41) is 0. The van der Waals surface area contributed by atoms with Gasteiger partial charge < -0.3 is 5.73 Å². The standard InChI is InChI=1S/C13H22N2O2S/c1-4-11-5-7-12(8-6-11)18(16,17)15-13(9-14)10(2)3/h5-8,10,13,15H,4,9,14H2,1-3H3. The summed E-state index contributed by atoms with van der Waals surface area (Å²) in [6.07, 6.45) is 0.894. The summed E-state index contributed by atoms with van der Waals surface area (Å²) >= 11 is 0. The van der Waals surface area contributed by atoms with Crippen LogP contribution in [-0.4, -0.2) is 21.0 Å². The van der Waals surface area contributed by atoms with E-state index in [0.717, 1.165) is 12.0 Å². The minimum Gasteiger partial charge on any atom is -0.329 e. The topological polar surface area (TPSA) is 72.2 Å². The van der Waals surface area contributed by atoms with Crippen molar-refractivity contribution in [2.75, 3.05) is 6.54 Å². The van der Waals surface area contributed by atoms with Crippen molar-refractivity contribution in [2.45, 2.75) is 38.1 Å². The van der Waals surface area contributed by atoms with Crippen LogP contribution in [0.25, 0.3) is 0 Å². The number of benzene rings is 1. The van der Waals surface area contributed by atoms with E-state index in [-0.39, 0.29) is 12.0 Å². The van der Waals surface area contributed by atoms with Crippen molar-refractivity contribution in [1.29, 1.82) is 0 Å². The lowest BCUT2D eigenvalue weighted by Gasteiger charge is -2.20. The zero-order valence-electron chi connectivity index (χ0n) is 11.2. The van der Waals surface area contributed by atoms with Crippen LogP contribution in [0.5, 0.6) is 0 Å². The molecule has 1 atom stereocenters. The lowest BCUT2D eigenvalue weighted by atomic mass is 10.1. The molecule has 4 nitrogen and oxygen atoms in total. The van der Waals surface area contributed by atoms with Gasteiger partial charge in [-0.2, -0.15) is 0 Å². The predicted octanol–water partition coefficient (Wildman–Crippen LogP) is 1.51. The maximum Gasteiger partial charge on any atom is 0.240 e. The molecule has 0 fully saturated rings. The molecule has 18 heavy (non-hydrogen) atoms. The second kappa shape index (κ2) is 6.31. The zero-order chi connectivity index (χ0) is 13.8. The molecule has 0 saturated carbocycles. The maximum atomic E-state index is 12.1. The third kappa shape index (κ3) is 3.80. The van der Waals surface area contributed by atoms with Gasteiger partial charge in [-0.25, -0.2) is 13.1 Å². The molecule has 0 aliphatic heterocycles. The van der Waals surface area contributed by atoms with Crippen LogP contribution in [-0.2, 0) is 16.4 Å². The van der Waals surface area contributed by atoms with E-state index in [1.807, 2.05) is 32.9 Å². The first-order valence-corrected chi connectivity index (χ1v) is 7.70. The highest BCUT2D eigenvalue weighted by Gasteiger charge is 2.21. The largest absolute Gasteiger partial charge is 0.329 e. The average molecular weight is 270 g/mol. The van der Waals surface area contributed by atoms with E-state index in [2.05, 4.69) is 4.72 Å². The Morgan fingerprint density at radius 3 is 2.17 bits per heavy atom. The van der Waals surface area contributed by atoms with Crippen LogP contribution in [0.4, 0.5) is 0 Å². The second-order valence-corrected chi connectivity index (χ2v) is 6.42. The summed E-state index contributed by atoms with van der Waals surface area (Å²) in [4.78, 5) is 0.291. The molecule has 0 spiro atoms. The van der Waals surface area contributed by atoms with E-state index in [0.29, 0.717) is 11.4 Å². The van der Waals surface area contributed by atoms with Gasteiger partial charge in [-0.1, -0.05) is 32.9 Å². The lowest BCUT2D eigenvalue weighted by Crippen LogP contribution is -2.43. The Morgan fingerprint density at radius 2 is 1.78 bits per heavy atom. The molecule has 5 heteroatoms. The Kier molecular flexibility index (Phi) is 5.31. The maximum absolute atomic E-state index is 12.1. The fourth-order valence-corrected chi connectivity index (χ4v) is 3.03. The summed E-state index contributed by atoms with van der Waals surface area (Å²) < 4.78 is 26.9. The van der Waals surface area contributed by atoms with E-state index in [1.54, 1.807) is 12.1 Å². The van der Waals surface area contributed by atoms with Crippen LogP contribution in [0.15, 0.2) is 29.2 Å². The van der Waals surface area contributed by atoms with Gasteiger partial charge in [0.25, 0.3) is 0 Å². The van der Waals surface area contributed by atoms with E-state index in [1.165, 1.54) is 0 Å². The molecular formula is C13H22N2O2S. The SMILES string of the molecule is CCc1ccc(S(=O)(=O)NC(CN)C(C)C)cc1. The number of rotatable bonds is 6. The molecule has 0 radical (unpaired) electrons. The van der Waals surface area contributed by atoms with Gasteiger partial charge >= 0.3 is 0 Å². The fraction of sp³-hybridized carbons (Fsp3) is 0.538. The minimum atomic E-state index is -3.47. The first-order valence-electron chi connectivity index (χ1n) is 6.22. The predicted molar refractivity (Wildman–Crippen MR) is 73.8 cm³/mol. The number of hydrogen-bond acceptors (Lipinski definition) is 3. The molecule has 102 valence electrons. The summed E-state index contributed by atoms with van der Waals surface area (Å²) in [5.74, 6) is 0.166. The van der Waals surface area contributed by atoms with E-state index in [4.69, 9.17) is 5.73 Å². The van der Waals surface area contributed by atoms with Gasteiger partial charge in [0.05, 0.1) is 4.90 Å². The first-order chi connectivity index (χ1) is 8.40. The highest BCUT2D eigenvalue weighted by Crippen LogP contribution is 2.13. The summed E-state index contributed by atoms with van der Waals surface area (Å²) in [7, 11) is -3.47. The Bertz CT molecular complexity index is 466. The quantitative estimate of drug-likeness (QED) is 0.823. The molecule has 0 heterocycles. The van der Waals surface area contributed by atoms with Crippen molar-refractivity contribution in [3.05, 3.63) is 29.8 Å². The van der Waals surface area contributed by atoms with Crippen LogP contribution < -0.4 is 10.5 Å². The molecule has 0 saturated heterocycles. The Hall–Kier alpha value is -0.910. The van der Waals surface area contributed by atoms with E-state index < -0.39 is 10.0 Å². The number of aryl methyl sites for hydroxylation is 1. The molecule has 0 bridgehead atoms. The number of sulfonamides is 1. The molecule has 0 aromatic heterocycles. The number of hydrogen-bond donors (Lipinski definition) is 2. The number of nitrogens with two attached hydrogens (primary N) is 1. The highest BCUT2D eigenvalue weighted by molar-refractivity contribution is 7.89. The van der Waals surface area contributed by atoms with Crippen molar-refractivity contribution in [1.82, 2.24) is 4.72 Å². The third-order valence-corrected chi connectivity index (χ3v) is 4.51. The molecule has 0 aliphatic carbocycles. The van der Waals surface area contributed by atoms with Crippen LogP contribution in [0, 0.1) is 5.92 Å². The van der Waals surface area contributed by atoms with Crippen molar-refractivity contribution >= 4 is 10.0 Å². The van der Waals surface area contributed by atoms with E-state index >= 15 is 0 Å². The second-order valence-electron chi connectivity index (χ2n) is 4.71. The van der Waals surface area contributed by atoms with Crippen LogP contribution >= 0.6 is 0 Å². The van der Waals surface area contributed by atoms with Crippen LogP contribution in [0.1, 0.15) is 26.3 Å². The molecule has 1 aromatic carbocycles. The smallest absolute Gasteiger partial charge is 0.240 e. The Morgan fingerprint density at radius 1 is 1.22 bits per heavy atom. The monoisotopic (exact) mass is 270 g/mol. The van der Waals surface area contributed by atoms with Crippen LogP contribution in [0.2, 0.25) is 0 Å². The van der Waals surface area contributed by atoms with Crippen molar-refractivity contribution in [2.24, 2.45) is 11.7 Å². The van der Waals surface area contributed by atoms with Gasteiger partial charge in [0, 0.05) is 12.6 Å². The van der Waals surface area contributed by atoms with E-state index in [9.17, 15) is 8.42 Å². The Labute approximate surface area is 110 Å².